The molecule has 2 heterocycles. The van der Waals surface area contributed by atoms with Crippen molar-refractivity contribution < 1.29 is 17.7 Å². The van der Waals surface area contributed by atoms with Gasteiger partial charge in [-0.2, -0.15) is 0 Å². The van der Waals surface area contributed by atoms with Gasteiger partial charge in [-0.05, 0) is 65.5 Å². The normalized spacial score (nSPS) is 11.9. The number of aromatic nitrogens is 3. The van der Waals surface area contributed by atoms with Crippen LogP contribution >= 0.6 is 0 Å². The molecule has 1 N–H and O–H groups in total. The Hall–Kier alpha value is -4.24. The topological polar surface area (TPSA) is 77.0 Å². The third kappa shape index (κ3) is 4.58. The molecular formula is C26H18F2N4O2S. The summed E-state index contributed by atoms with van der Waals surface area (Å²) in [6, 6.07) is 17.3. The molecule has 6 nitrogen and oxygen atoms in total. The molecule has 1 atom stereocenters. The molecule has 0 aliphatic rings. The largest absolute Gasteiger partial charge is 0.496 e. The minimum Gasteiger partial charge on any atom is -0.496 e. The number of pyridine rings is 1. The van der Waals surface area contributed by atoms with Gasteiger partial charge in [0.25, 0.3) is 0 Å². The lowest BCUT2D eigenvalue weighted by Gasteiger charge is -2.13. The Labute approximate surface area is 202 Å². The molecule has 0 saturated heterocycles. The number of fused-ring (bicyclic) bond motifs is 1. The average molecular weight is 489 g/mol. The maximum absolute atomic E-state index is 14.3. The second-order valence-corrected chi connectivity index (χ2v) is 8.76. The van der Waals surface area contributed by atoms with Gasteiger partial charge >= 0.3 is 0 Å². The van der Waals surface area contributed by atoms with E-state index in [1.165, 1.54) is 13.4 Å². The Balaban J connectivity index is 1.53. The minimum absolute atomic E-state index is 0.143. The van der Waals surface area contributed by atoms with E-state index in [1.54, 1.807) is 42.7 Å². The number of anilines is 1. The second kappa shape index (κ2) is 9.55. The highest BCUT2D eigenvalue weighted by Crippen LogP contribution is 2.37. The van der Waals surface area contributed by atoms with Crippen LogP contribution in [-0.2, 0) is 11.0 Å². The van der Waals surface area contributed by atoms with Crippen molar-refractivity contribution in [1.82, 2.24) is 15.0 Å². The summed E-state index contributed by atoms with van der Waals surface area (Å²) in [7, 11) is -0.0179. The van der Waals surface area contributed by atoms with Gasteiger partial charge in [-0.15, -0.1) is 0 Å². The van der Waals surface area contributed by atoms with E-state index in [0.717, 1.165) is 29.0 Å². The Morgan fingerprint density at radius 3 is 2.57 bits per heavy atom. The number of benzene rings is 3. The van der Waals surface area contributed by atoms with E-state index < -0.39 is 22.6 Å². The Morgan fingerprint density at radius 1 is 0.886 bits per heavy atom. The molecule has 0 saturated carbocycles. The number of nitrogens with one attached hydrogen (secondary N) is 1. The smallest absolute Gasteiger partial charge is 0.151 e. The SMILES string of the molecule is COc1cc(-c2cc(F)ccc2F)ccc1-c1nccc2cc(S(=O)Nc3ccncn3)ccc12. The Morgan fingerprint density at radius 2 is 1.77 bits per heavy atom. The Kier molecular flexibility index (Phi) is 6.15. The molecule has 3 aromatic carbocycles. The van der Waals surface area contributed by atoms with Crippen LogP contribution in [0.5, 0.6) is 5.75 Å². The molecule has 35 heavy (non-hydrogen) atoms. The summed E-state index contributed by atoms with van der Waals surface area (Å²) in [5, 5.41) is 1.64. The van der Waals surface area contributed by atoms with E-state index in [-0.39, 0.29) is 5.56 Å². The van der Waals surface area contributed by atoms with Crippen molar-refractivity contribution in [3.63, 3.8) is 0 Å². The summed E-state index contributed by atoms with van der Waals surface area (Å²) < 4.78 is 49.2. The van der Waals surface area contributed by atoms with Crippen molar-refractivity contribution in [2.24, 2.45) is 0 Å². The molecule has 0 spiro atoms. The fourth-order valence-electron chi connectivity index (χ4n) is 3.76. The maximum atomic E-state index is 14.3. The number of rotatable bonds is 6. The second-order valence-electron chi connectivity index (χ2n) is 7.55. The first-order chi connectivity index (χ1) is 17.0. The highest BCUT2D eigenvalue weighted by molar-refractivity contribution is 7.86. The summed E-state index contributed by atoms with van der Waals surface area (Å²) in [5.74, 6) is -0.138. The molecule has 0 fully saturated rings. The van der Waals surface area contributed by atoms with Gasteiger partial charge < -0.3 is 4.74 Å². The number of ether oxygens (including phenoxy) is 1. The van der Waals surface area contributed by atoms with Crippen molar-refractivity contribution in [2.75, 3.05) is 11.8 Å². The van der Waals surface area contributed by atoms with Crippen molar-refractivity contribution in [3.05, 3.63) is 97.1 Å². The van der Waals surface area contributed by atoms with Crippen LogP contribution in [0.4, 0.5) is 14.6 Å². The van der Waals surface area contributed by atoms with E-state index in [1.807, 2.05) is 18.2 Å². The van der Waals surface area contributed by atoms with Crippen LogP contribution in [0, 0.1) is 11.6 Å². The van der Waals surface area contributed by atoms with Crippen LogP contribution in [0.1, 0.15) is 0 Å². The summed E-state index contributed by atoms with van der Waals surface area (Å²) in [6.45, 7) is 0. The summed E-state index contributed by atoms with van der Waals surface area (Å²) in [5.41, 5.74) is 1.96. The predicted molar refractivity (Wildman–Crippen MR) is 131 cm³/mol. The van der Waals surface area contributed by atoms with Crippen LogP contribution in [0.25, 0.3) is 33.2 Å². The molecule has 5 rings (SSSR count). The molecule has 0 aliphatic carbocycles. The van der Waals surface area contributed by atoms with Crippen molar-refractivity contribution in [2.45, 2.75) is 4.90 Å². The van der Waals surface area contributed by atoms with Crippen LogP contribution < -0.4 is 9.46 Å². The molecule has 0 bridgehead atoms. The highest BCUT2D eigenvalue weighted by atomic mass is 32.2. The zero-order chi connectivity index (χ0) is 24.4. The fourth-order valence-corrected chi connectivity index (χ4v) is 4.62. The average Bonchev–Trinajstić information content (AvgIpc) is 2.89. The monoisotopic (exact) mass is 488 g/mol. The van der Waals surface area contributed by atoms with E-state index in [2.05, 4.69) is 19.7 Å². The van der Waals surface area contributed by atoms with Crippen LogP contribution in [0.3, 0.4) is 0 Å². The van der Waals surface area contributed by atoms with Gasteiger partial charge in [0.2, 0.25) is 0 Å². The van der Waals surface area contributed by atoms with Crippen molar-refractivity contribution in [3.8, 4) is 28.1 Å². The first-order valence-corrected chi connectivity index (χ1v) is 11.7. The van der Waals surface area contributed by atoms with Gasteiger partial charge in [0.05, 0.1) is 17.7 Å². The predicted octanol–water partition coefficient (Wildman–Crippen LogP) is 5.78. The van der Waals surface area contributed by atoms with Gasteiger partial charge in [-0.1, -0.05) is 12.1 Å². The fraction of sp³-hybridized carbons (Fsp3) is 0.0385. The third-order valence-electron chi connectivity index (χ3n) is 5.43. The van der Waals surface area contributed by atoms with Crippen molar-refractivity contribution >= 4 is 27.6 Å². The molecule has 174 valence electrons. The summed E-state index contributed by atoms with van der Waals surface area (Å²) >= 11 is 0. The van der Waals surface area contributed by atoms with Gasteiger partial charge in [-0.3, -0.25) is 9.71 Å². The Bertz CT molecular complexity index is 1560. The van der Waals surface area contributed by atoms with Crippen LogP contribution in [0.2, 0.25) is 0 Å². The lowest BCUT2D eigenvalue weighted by Crippen LogP contribution is -2.06. The lowest BCUT2D eigenvalue weighted by atomic mass is 9.98. The van der Waals surface area contributed by atoms with E-state index in [0.29, 0.717) is 33.3 Å². The van der Waals surface area contributed by atoms with Crippen LogP contribution in [-0.4, -0.2) is 26.3 Å². The van der Waals surface area contributed by atoms with Crippen LogP contribution in [0.15, 0.2) is 90.3 Å². The number of methoxy groups -OCH3 is 1. The number of hydrogen-bond acceptors (Lipinski definition) is 5. The van der Waals surface area contributed by atoms with Gasteiger partial charge in [0.15, 0.2) is 11.0 Å². The molecule has 0 aliphatic heterocycles. The number of hydrogen-bond donors (Lipinski definition) is 1. The molecule has 0 amide bonds. The molecule has 0 radical (unpaired) electrons. The van der Waals surface area contributed by atoms with E-state index in [4.69, 9.17) is 4.74 Å². The van der Waals surface area contributed by atoms with E-state index >= 15 is 0 Å². The third-order valence-corrected chi connectivity index (χ3v) is 6.50. The maximum Gasteiger partial charge on any atom is 0.151 e. The molecule has 2 aromatic heterocycles. The van der Waals surface area contributed by atoms with E-state index in [9.17, 15) is 13.0 Å². The lowest BCUT2D eigenvalue weighted by molar-refractivity contribution is 0.416. The minimum atomic E-state index is -1.53. The molecule has 1 unspecified atom stereocenters. The van der Waals surface area contributed by atoms with Gasteiger partial charge in [-0.25, -0.2) is 23.0 Å². The van der Waals surface area contributed by atoms with Gasteiger partial charge in [0.1, 0.15) is 29.5 Å². The molecular weight excluding hydrogens is 470 g/mol. The first-order valence-electron chi connectivity index (χ1n) is 10.5. The standard InChI is InChI=1S/C26H18F2N4O2S/c1-34-24-13-16(22-14-18(27)3-7-23(22)28)2-5-21(24)26-20-6-4-19(12-17(20)8-11-30-26)35(33)32-25-9-10-29-15-31-25/h2-15H,1H3,(H,29,31,32). The summed E-state index contributed by atoms with van der Waals surface area (Å²) in [6.07, 6.45) is 4.59. The number of halogens is 2. The van der Waals surface area contributed by atoms with Gasteiger partial charge in [0, 0.05) is 28.9 Å². The molecule has 9 heteroatoms. The summed E-state index contributed by atoms with van der Waals surface area (Å²) in [4.78, 5) is 13.0. The first kappa shape index (κ1) is 22.5. The zero-order valence-electron chi connectivity index (χ0n) is 18.4. The van der Waals surface area contributed by atoms with Crippen molar-refractivity contribution in [1.29, 1.82) is 0 Å². The zero-order valence-corrected chi connectivity index (χ0v) is 19.2. The highest BCUT2D eigenvalue weighted by Gasteiger charge is 2.15. The molecule has 5 aromatic rings. The quantitative estimate of drug-likeness (QED) is 0.328. The number of nitrogens with zero attached hydrogens (tertiary/aromatic N) is 3.